The van der Waals surface area contributed by atoms with Crippen molar-refractivity contribution in [2.45, 2.75) is 12.8 Å². The lowest BCUT2D eigenvalue weighted by Crippen LogP contribution is -2.39. The Hall–Kier alpha value is -3.16. The number of hydrogen-bond acceptors (Lipinski definition) is 6. The van der Waals surface area contributed by atoms with Crippen LogP contribution in [-0.4, -0.2) is 48.2 Å². The van der Waals surface area contributed by atoms with Crippen LogP contribution in [0.3, 0.4) is 0 Å². The van der Waals surface area contributed by atoms with E-state index in [0.29, 0.717) is 12.5 Å². The fraction of sp³-hybridized carbons (Fsp3) is 0.368. The van der Waals surface area contributed by atoms with Crippen LogP contribution in [0.15, 0.2) is 42.7 Å². The summed E-state index contributed by atoms with van der Waals surface area (Å²) in [5.41, 5.74) is 6.91. The summed E-state index contributed by atoms with van der Waals surface area (Å²) >= 11 is 0. The number of alkyl carbamates (subject to hydrolysis) is 1. The van der Waals surface area contributed by atoms with Crippen molar-refractivity contribution in [2.75, 3.05) is 31.1 Å². The van der Waals surface area contributed by atoms with E-state index < -0.39 is 18.6 Å². The van der Waals surface area contributed by atoms with Gasteiger partial charge in [-0.15, -0.1) is 0 Å². The molecule has 3 N–H and O–H groups in total. The molecule has 3 rings (SSSR count). The molecule has 1 aromatic heterocycles. The molecule has 0 bridgehead atoms. The zero-order chi connectivity index (χ0) is 19.1. The molecule has 1 aliphatic heterocycles. The number of nitrogens with zero attached hydrogens (tertiary/aromatic N) is 3. The van der Waals surface area contributed by atoms with Gasteiger partial charge >= 0.3 is 6.09 Å². The Balaban J connectivity index is 1.49. The zero-order valence-electron chi connectivity index (χ0n) is 15.0. The molecule has 1 aromatic carbocycles. The first-order valence-electron chi connectivity index (χ1n) is 8.93. The highest BCUT2D eigenvalue weighted by Gasteiger charge is 2.21. The highest BCUT2D eigenvalue weighted by molar-refractivity contribution is 5.78. The number of nitrogens with one attached hydrogen (secondary N) is 1. The van der Waals surface area contributed by atoms with Crippen LogP contribution in [0.25, 0.3) is 11.3 Å². The largest absolute Gasteiger partial charge is 0.439 e. The van der Waals surface area contributed by atoms with Gasteiger partial charge in [-0.3, -0.25) is 4.79 Å². The van der Waals surface area contributed by atoms with Crippen molar-refractivity contribution in [1.29, 1.82) is 0 Å². The van der Waals surface area contributed by atoms with Gasteiger partial charge in [-0.25, -0.2) is 14.8 Å². The number of carbonyl (C=O) groups excluding carboxylic acids is 2. The fourth-order valence-electron chi connectivity index (χ4n) is 3.07. The Bertz CT molecular complexity index is 776. The van der Waals surface area contributed by atoms with Crippen LogP contribution in [0.4, 0.5) is 10.6 Å². The summed E-state index contributed by atoms with van der Waals surface area (Å²) in [6, 6.07) is 12.0. The van der Waals surface area contributed by atoms with E-state index in [9.17, 15) is 9.59 Å². The summed E-state index contributed by atoms with van der Waals surface area (Å²) in [5.74, 6) is 0.604. The van der Waals surface area contributed by atoms with Crippen LogP contribution in [-0.2, 0) is 9.53 Å². The number of primary amides is 1. The summed E-state index contributed by atoms with van der Waals surface area (Å²) < 4.78 is 4.69. The molecule has 142 valence electrons. The van der Waals surface area contributed by atoms with Crippen molar-refractivity contribution in [1.82, 2.24) is 15.3 Å². The lowest BCUT2D eigenvalue weighted by molar-refractivity contribution is -0.120. The van der Waals surface area contributed by atoms with Gasteiger partial charge in [-0.05, 0) is 18.8 Å². The Morgan fingerprint density at radius 1 is 1.19 bits per heavy atom. The van der Waals surface area contributed by atoms with Crippen LogP contribution >= 0.6 is 0 Å². The highest BCUT2D eigenvalue weighted by Crippen LogP contribution is 2.24. The number of piperidine rings is 1. The molecule has 0 atom stereocenters. The molecule has 8 heteroatoms. The molecule has 2 aromatic rings. The number of amides is 2. The predicted octanol–water partition coefficient (Wildman–Crippen LogP) is 1.57. The van der Waals surface area contributed by atoms with E-state index in [2.05, 4.69) is 24.9 Å². The Morgan fingerprint density at radius 2 is 1.93 bits per heavy atom. The van der Waals surface area contributed by atoms with Crippen LogP contribution in [0.1, 0.15) is 12.8 Å². The topological polar surface area (TPSA) is 110 Å². The molecular formula is C19H23N5O3. The van der Waals surface area contributed by atoms with Crippen LogP contribution in [0.2, 0.25) is 0 Å². The second kappa shape index (κ2) is 8.98. The Morgan fingerprint density at radius 3 is 2.63 bits per heavy atom. The monoisotopic (exact) mass is 369 g/mol. The first kappa shape index (κ1) is 18.6. The summed E-state index contributed by atoms with van der Waals surface area (Å²) in [4.78, 5) is 33.1. The third kappa shape index (κ3) is 5.40. The molecule has 1 saturated heterocycles. The van der Waals surface area contributed by atoms with Crippen LogP contribution in [0, 0.1) is 5.92 Å². The van der Waals surface area contributed by atoms with Crippen LogP contribution < -0.4 is 16.0 Å². The van der Waals surface area contributed by atoms with E-state index in [0.717, 1.165) is 43.0 Å². The van der Waals surface area contributed by atoms with Gasteiger partial charge in [0.1, 0.15) is 12.1 Å². The number of rotatable bonds is 6. The number of aromatic nitrogens is 2. The lowest BCUT2D eigenvalue weighted by Gasteiger charge is -2.32. The average Bonchev–Trinajstić information content (AvgIpc) is 2.72. The van der Waals surface area contributed by atoms with E-state index in [4.69, 9.17) is 5.73 Å². The lowest BCUT2D eigenvalue weighted by atomic mass is 9.97. The smallest absolute Gasteiger partial charge is 0.407 e. The van der Waals surface area contributed by atoms with Gasteiger partial charge in [-0.1, -0.05) is 30.3 Å². The van der Waals surface area contributed by atoms with Crippen molar-refractivity contribution in [3.63, 3.8) is 0 Å². The van der Waals surface area contributed by atoms with Crippen molar-refractivity contribution in [2.24, 2.45) is 11.7 Å². The zero-order valence-corrected chi connectivity index (χ0v) is 15.0. The third-order valence-corrected chi connectivity index (χ3v) is 4.54. The molecule has 0 radical (unpaired) electrons. The van der Waals surface area contributed by atoms with E-state index >= 15 is 0 Å². The molecule has 2 amide bonds. The quantitative estimate of drug-likeness (QED) is 0.800. The van der Waals surface area contributed by atoms with Crippen molar-refractivity contribution < 1.29 is 14.3 Å². The van der Waals surface area contributed by atoms with Gasteiger partial charge in [0.05, 0.1) is 5.69 Å². The second-order valence-corrected chi connectivity index (χ2v) is 6.48. The summed E-state index contributed by atoms with van der Waals surface area (Å²) in [7, 11) is 0. The number of nitrogens with two attached hydrogens (primary N) is 1. The number of benzene rings is 1. The molecule has 0 aliphatic carbocycles. The van der Waals surface area contributed by atoms with Gasteiger partial charge < -0.3 is 20.7 Å². The van der Waals surface area contributed by atoms with Gasteiger partial charge in [0.2, 0.25) is 0 Å². The fourth-order valence-corrected chi connectivity index (χ4v) is 3.07. The Kier molecular flexibility index (Phi) is 6.19. The maximum atomic E-state index is 11.5. The number of carbonyl (C=O) groups is 2. The number of hydrogen-bond donors (Lipinski definition) is 2. The first-order chi connectivity index (χ1) is 13.1. The van der Waals surface area contributed by atoms with Gasteiger partial charge in [0.15, 0.2) is 6.61 Å². The van der Waals surface area contributed by atoms with Crippen molar-refractivity contribution in [3.05, 3.63) is 42.7 Å². The minimum atomic E-state index is -0.668. The summed E-state index contributed by atoms with van der Waals surface area (Å²) in [5, 5.41) is 2.68. The van der Waals surface area contributed by atoms with Crippen molar-refractivity contribution >= 4 is 17.8 Å². The van der Waals surface area contributed by atoms with E-state index in [-0.39, 0.29) is 0 Å². The summed E-state index contributed by atoms with van der Waals surface area (Å²) in [6.45, 7) is 1.83. The minimum Gasteiger partial charge on any atom is -0.439 e. The molecular weight excluding hydrogens is 346 g/mol. The summed E-state index contributed by atoms with van der Waals surface area (Å²) in [6.07, 6.45) is 2.85. The first-order valence-corrected chi connectivity index (χ1v) is 8.93. The molecule has 0 spiro atoms. The molecule has 2 heterocycles. The van der Waals surface area contributed by atoms with E-state index in [1.807, 2.05) is 36.4 Å². The SMILES string of the molecule is NC(=O)COC(=O)NCC1CCN(c2cc(-c3ccccc3)ncn2)CC1. The maximum absolute atomic E-state index is 11.5. The highest BCUT2D eigenvalue weighted by atomic mass is 16.6. The molecule has 1 aliphatic rings. The number of anilines is 1. The van der Waals surface area contributed by atoms with E-state index in [1.54, 1.807) is 6.33 Å². The van der Waals surface area contributed by atoms with Gasteiger partial charge in [0, 0.05) is 31.3 Å². The average molecular weight is 369 g/mol. The van der Waals surface area contributed by atoms with Crippen molar-refractivity contribution in [3.8, 4) is 11.3 Å². The predicted molar refractivity (Wildman–Crippen MR) is 101 cm³/mol. The third-order valence-electron chi connectivity index (χ3n) is 4.54. The molecule has 1 fully saturated rings. The minimum absolute atomic E-state index is 0.359. The number of ether oxygens (including phenoxy) is 1. The van der Waals surface area contributed by atoms with Crippen LogP contribution in [0.5, 0.6) is 0 Å². The molecule has 8 nitrogen and oxygen atoms in total. The molecule has 0 saturated carbocycles. The normalized spacial score (nSPS) is 14.6. The molecule has 0 unspecified atom stereocenters. The maximum Gasteiger partial charge on any atom is 0.407 e. The van der Waals surface area contributed by atoms with E-state index in [1.165, 1.54) is 0 Å². The molecule has 27 heavy (non-hydrogen) atoms. The Labute approximate surface area is 157 Å². The van der Waals surface area contributed by atoms with Gasteiger partial charge in [-0.2, -0.15) is 0 Å². The standard InChI is InChI=1S/C19H23N5O3/c20-17(25)12-27-19(26)21-11-14-6-8-24(9-7-14)18-10-16(22-13-23-18)15-4-2-1-3-5-15/h1-5,10,13-14H,6-9,11-12H2,(H2,20,25)(H,21,26). The second-order valence-electron chi connectivity index (χ2n) is 6.48. The van der Waals surface area contributed by atoms with Gasteiger partial charge in [0.25, 0.3) is 5.91 Å².